The molecule has 0 spiro atoms. The van der Waals surface area contributed by atoms with Gasteiger partial charge in [0.05, 0.1) is 16.8 Å². The van der Waals surface area contributed by atoms with E-state index < -0.39 is 0 Å². The second-order valence-corrected chi connectivity index (χ2v) is 4.87. The van der Waals surface area contributed by atoms with Gasteiger partial charge < -0.3 is 0 Å². The largest absolute Gasteiger partial charge is 0.271 e. The predicted octanol–water partition coefficient (Wildman–Crippen LogP) is 3.27. The van der Waals surface area contributed by atoms with E-state index in [1.807, 2.05) is 0 Å². The standard InChI is InChI=1S/C13H12Cl2FN3/c14-8-4-5-12(18-7-8)13(19-17)6-9-10(15)2-1-3-11(9)16/h1-5,7,13,19H,6,17H2. The van der Waals surface area contributed by atoms with E-state index in [1.165, 1.54) is 12.3 Å². The summed E-state index contributed by atoms with van der Waals surface area (Å²) < 4.78 is 13.7. The molecule has 0 saturated heterocycles. The molecule has 0 aliphatic carbocycles. The summed E-state index contributed by atoms with van der Waals surface area (Å²) in [4.78, 5) is 4.16. The molecule has 0 amide bonds. The second-order valence-electron chi connectivity index (χ2n) is 4.02. The summed E-state index contributed by atoms with van der Waals surface area (Å²) in [5, 5.41) is 0.901. The highest BCUT2D eigenvalue weighted by atomic mass is 35.5. The normalized spacial score (nSPS) is 12.4. The molecule has 0 saturated carbocycles. The van der Waals surface area contributed by atoms with Gasteiger partial charge in [-0.2, -0.15) is 0 Å². The molecule has 0 bridgehead atoms. The fraction of sp³-hybridized carbons (Fsp3) is 0.154. The number of aromatic nitrogens is 1. The maximum absolute atomic E-state index is 13.7. The van der Waals surface area contributed by atoms with Crippen molar-refractivity contribution in [1.29, 1.82) is 0 Å². The maximum atomic E-state index is 13.7. The average molecular weight is 300 g/mol. The third-order valence-electron chi connectivity index (χ3n) is 2.78. The fourth-order valence-electron chi connectivity index (χ4n) is 1.77. The van der Waals surface area contributed by atoms with Gasteiger partial charge in [-0.05, 0) is 30.7 Å². The van der Waals surface area contributed by atoms with E-state index in [2.05, 4.69) is 10.4 Å². The molecule has 2 rings (SSSR count). The van der Waals surface area contributed by atoms with Crippen LogP contribution >= 0.6 is 23.2 Å². The van der Waals surface area contributed by atoms with Crippen LogP contribution in [0.3, 0.4) is 0 Å². The minimum Gasteiger partial charge on any atom is -0.271 e. The number of hydrogen-bond donors (Lipinski definition) is 2. The van der Waals surface area contributed by atoms with Crippen LogP contribution in [0.15, 0.2) is 36.5 Å². The van der Waals surface area contributed by atoms with Crippen LogP contribution in [0.2, 0.25) is 10.0 Å². The molecule has 0 aliphatic heterocycles. The Bertz CT molecular complexity index is 540. The van der Waals surface area contributed by atoms with Crippen molar-refractivity contribution in [1.82, 2.24) is 10.4 Å². The molecule has 6 heteroatoms. The number of hydrazine groups is 1. The molecule has 0 aliphatic rings. The molecule has 1 aromatic heterocycles. The van der Waals surface area contributed by atoms with E-state index >= 15 is 0 Å². The summed E-state index contributed by atoms with van der Waals surface area (Å²) in [7, 11) is 0. The molecule has 1 heterocycles. The van der Waals surface area contributed by atoms with Crippen molar-refractivity contribution >= 4 is 23.2 Å². The lowest BCUT2D eigenvalue weighted by Crippen LogP contribution is -2.30. The van der Waals surface area contributed by atoms with E-state index in [9.17, 15) is 4.39 Å². The van der Waals surface area contributed by atoms with Gasteiger partial charge in [-0.15, -0.1) is 0 Å². The van der Waals surface area contributed by atoms with Crippen molar-refractivity contribution in [2.75, 3.05) is 0 Å². The molecule has 0 radical (unpaired) electrons. The number of hydrogen-bond acceptors (Lipinski definition) is 3. The highest BCUT2D eigenvalue weighted by Gasteiger charge is 2.16. The van der Waals surface area contributed by atoms with Gasteiger partial charge in [0.15, 0.2) is 0 Å². The van der Waals surface area contributed by atoms with E-state index in [-0.39, 0.29) is 11.9 Å². The van der Waals surface area contributed by atoms with Crippen LogP contribution in [0, 0.1) is 5.82 Å². The molecule has 0 fully saturated rings. The molecule has 1 atom stereocenters. The minimum absolute atomic E-state index is 0.302. The summed E-state index contributed by atoms with van der Waals surface area (Å²) in [6, 6.07) is 7.67. The van der Waals surface area contributed by atoms with Gasteiger partial charge >= 0.3 is 0 Å². The summed E-state index contributed by atoms with van der Waals surface area (Å²) >= 11 is 11.8. The zero-order valence-corrected chi connectivity index (χ0v) is 11.4. The molecule has 1 unspecified atom stereocenters. The van der Waals surface area contributed by atoms with Gasteiger partial charge in [0.1, 0.15) is 5.82 Å². The molecule has 19 heavy (non-hydrogen) atoms. The number of pyridine rings is 1. The van der Waals surface area contributed by atoms with Crippen LogP contribution in [0.4, 0.5) is 4.39 Å². The maximum Gasteiger partial charge on any atom is 0.127 e. The van der Waals surface area contributed by atoms with Crippen LogP contribution in [-0.2, 0) is 6.42 Å². The Kier molecular flexibility index (Phi) is 4.71. The van der Waals surface area contributed by atoms with E-state index in [4.69, 9.17) is 29.0 Å². The third kappa shape index (κ3) is 3.42. The highest BCUT2D eigenvalue weighted by molar-refractivity contribution is 6.31. The SMILES string of the molecule is NNC(Cc1c(F)cccc1Cl)c1ccc(Cl)cn1. The lowest BCUT2D eigenvalue weighted by Gasteiger charge is -2.16. The van der Waals surface area contributed by atoms with Crippen molar-refractivity contribution < 1.29 is 4.39 Å². The highest BCUT2D eigenvalue weighted by Crippen LogP contribution is 2.25. The van der Waals surface area contributed by atoms with Crippen LogP contribution < -0.4 is 11.3 Å². The number of nitrogens with two attached hydrogens (primary N) is 1. The summed E-state index contributed by atoms with van der Waals surface area (Å²) in [6.45, 7) is 0. The topological polar surface area (TPSA) is 50.9 Å². The number of benzene rings is 1. The van der Waals surface area contributed by atoms with Gasteiger partial charge in [-0.25, -0.2) is 4.39 Å². The van der Waals surface area contributed by atoms with Crippen molar-refractivity contribution in [2.45, 2.75) is 12.5 Å². The van der Waals surface area contributed by atoms with Gasteiger partial charge in [-0.1, -0.05) is 29.3 Å². The lowest BCUT2D eigenvalue weighted by atomic mass is 10.0. The Morgan fingerprint density at radius 3 is 2.63 bits per heavy atom. The molecule has 3 nitrogen and oxygen atoms in total. The number of rotatable bonds is 4. The fourth-order valence-corrected chi connectivity index (χ4v) is 2.13. The summed E-state index contributed by atoms with van der Waals surface area (Å²) in [5.41, 5.74) is 3.69. The number of nitrogens with zero attached hydrogens (tertiary/aromatic N) is 1. The van der Waals surface area contributed by atoms with Gasteiger partial charge in [0, 0.05) is 16.8 Å². The first-order valence-corrected chi connectivity index (χ1v) is 6.38. The lowest BCUT2D eigenvalue weighted by molar-refractivity contribution is 0.519. The average Bonchev–Trinajstić information content (AvgIpc) is 2.40. The quantitative estimate of drug-likeness (QED) is 0.673. The Morgan fingerprint density at radius 1 is 1.26 bits per heavy atom. The third-order valence-corrected chi connectivity index (χ3v) is 3.36. The summed E-state index contributed by atoms with van der Waals surface area (Å²) in [5.74, 6) is 5.14. The molecule has 3 N–H and O–H groups in total. The van der Waals surface area contributed by atoms with E-state index in [0.717, 1.165) is 0 Å². The smallest absolute Gasteiger partial charge is 0.127 e. The van der Waals surface area contributed by atoms with Crippen molar-refractivity contribution in [3.05, 3.63) is 63.6 Å². The first-order valence-electron chi connectivity index (χ1n) is 5.62. The molecular weight excluding hydrogens is 288 g/mol. The monoisotopic (exact) mass is 299 g/mol. The predicted molar refractivity (Wildman–Crippen MR) is 74.4 cm³/mol. The Hall–Kier alpha value is -1.20. The number of halogens is 3. The van der Waals surface area contributed by atoms with Crippen LogP contribution in [0.5, 0.6) is 0 Å². The van der Waals surface area contributed by atoms with E-state index in [1.54, 1.807) is 24.3 Å². The minimum atomic E-state index is -0.360. The molecule has 1 aromatic carbocycles. The summed E-state index contributed by atoms with van der Waals surface area (Å²) in [6.07, 6.45) is 1.82. The Morgan fingerprint density at radius 2 is 2.05 bits per heavy atom. The van der Waals surface area contributed by atoms with Gasteiger partial charge in [0.2, 0.25) is 0 Å². The van der Waals surface area contributed by atoms with Crippen molar-refractivity contribution in [2.24, 2.45) is 5.84 Å². The van der Waals surface area contributed by atoms with Gasteiger partial charge in [-0.3, -0.25) is 16.3 Å². The van der Waals surface area contributed by atoms with Crippen LogP contribution in [0.25, 0.3) is 0 Å². The van der Waals surface area contributed by atoms with E-state index in [0.29, 0.717) is 27.7 Å². The Balaban J connectivity index is 2.26. The zero-order valence-electron chi connectivity index (χ0n) is 9.91. The second kappa shape index (κ2) is 6.30. The van der Waals surface area contributed by atoms with Crippen molar-refractivity contribution in [3.63, 3.8) is 0 Å². The number of nitrogens with one attached hydrogen (secondary N) is 1. The first-order chi connectivity index (χ1) is 9.11. The van der Waals surface area contributed by atoms with Gasteiger partial charge in [0.25, 0.3) is 0 Å². The Labute approximate surface area is 120 Å². The van der Waals surface area contributed by atoms with Crippen LogP contribution in [-0.4, -0.2) is 4.98 Å². The van der Waals surface area contributed by atoms with Crippen LogP contribution in [0.1, 0.15) is 17.3 Å². The first kappa shape index (κ1) is 14.2. The molecule has 2 aromatic rings. The van der Waals surface area contributed by atoms with Crippen molar-refractivity contribution in [3.8, 4) is 0 Å². The molecule has 100 valence electrons. The molecular formula is C13H12Cl2FN3. The zero-order chi connectivity index (χ0) is 13.8.